The van der Waals surface area contributed by atoms with E-state index in [0.29, 0.717) is 24.0 Å². The molecule has 0 bridgehead atoms. The van der Waals surface area contributed by atoms with Crippen LogP contribution in [0.25, 0.3) is 0 Å². The first-order valence-corrected chi connectivity index (χ1v) is 11.6. The van der Waals surface area contributed by atoms with Gasteiger partial charge in [-0.05, 0) is 61.3 Å². The van der Waals surface area contributed by atoms with E-state index in [1.165, 1.54) is 28.5 Å². The lowest BCUT2D eigenvalue weighted by Gasteiger charge is -2.20. The number of hydrogen-bond acceptors (Lipinski definition) is 5. The van der Waals surface area contributed by atoms with Crippen molar-refractivity contribution in [1.82, 2.24) is 14.5 Å². The molecule has 2 aromatic rings. The Hall–Kier alpha value is -2.23. The summed E-state index contributed by atoms with van der Waals surface area (Å²) in [6.07, 6.45) is 6.59. The minimum atomic E-state index is -1.76. The Balaban J connectivity index is 1.38. The summed E-state index contributed by atoms with van der Waals surface area (Å²) >= 11 is -1.76. The van der Waals surface area contributed by atoms with Crippen molar-refractivity contribution in [3.8, 4) is 5.88 Å². The molecule has 2 N–H and O–H groups in total. The van der Waals surface area contributed by atoms with Gasteiger partial charge in [-0.25, -0.2) is 9.48 Å². The lowest BCUT2D eigenvalue weighted by atomic mass is 9.94. The van der Waals surface area contributed by atoms with Gasteiger partial charge in [-0.15, -0.1) is 4.72 Å². The quantitative estimate of drug-likeness (QED) is 0.711. The molecule has 0 spiro atoms. The number of benzene rings is 1. The number of ether oxygens (including phenoxy) is 2. The number of hydrogen-bond donors (Lipinski definition) is 2. The van der Waals surface area contributed by atoms with Gasteiger partial charge in [0.25, 0.3) is 10.8 Å². The number of rotatable bonds is 5. The fourth-order valence-corrected chi connectivity index (χ4v) is 5.73. The number of fused-ring (bicyclic) bond motifs is 3. The number of anilines is 1. The number of nitrogens with zero attached hydrogens (tertiary/aromatic N) is 2. The molecular weight excluding hydrogens is 404 g/mol. The van der Waals surface area contributed by atoms with E-state index >= 15 is 0 Å². The van der Waals surface area contributed by atoms with E-state index in [9.17, 15) is 9.35 Å². The molecule has 3 aliphatic rings. The minimum Gasteiger partial charge on any atom is -0.588 e. The molecule has 5 rings (SSSR count). The Morgan fingerprint density at radius 2 is 2.27 bits per heavy atom. The van der Waals surface area contributed by atoms with Crippen LogP contribution in [0.2, 0.25) is 0 Å². The molecule has 2 aliphatic carbocycles. The topological polar surface area (TPSA) is 100 Å². The standard InChI is InChI=1S/C21H26N4O4S/c1-12-10-29-20-17(9-22-25(12)20)30(27)24-21(26)23-19-16-5-3-4-13(16)8-14-6-7-15(11-28-2)18(14)19/h8-9,12,15H,3-7,10-11H2,1-2H3,(H2,23,24,26)/t12-,15-,30-/m0/s1. The van der Waals surface area contributed by atoms with Crippen LogP contribution in [-0.4, -0.2) is 40.7 Å². The number of carbonyl (C=O) groups is 1. The molecule has 3 atom stereocenters. The molecule has 160 valence electrons. The van der Waals surface area contributed by atoms with Crippen molar-refractivity contribution in [2.24, 2.45) is 0 Å². The van der Waals surface area contributed by atoms with Crippen molar-refractivity contribution in [3.05, 3.63) is 34.5 Å². The molecule has 1 aromatic heterocycles. The molecule has 0 saturated carbocycles. The Morgan fingerprint density at radius 3 is 3.10 bits per heavy atom. The second kappa shape index (κ2) is 7.79. The largest absolute Gasteiger partial charge is 0.588 e. The Labute approximate surface area is 178 Å². The maximum Gasteiger partial charge on any atom is 0.361 e. The molecule has 0 radical (unpaired) electrons. The molecule has 1 aromatic carbocycles. The highest BCUT2D eigenvalue weighted by molar-refractivity contribution is 7.90. The molecular formula is C21H26N4O4S. The molecule has 9 heteroatoms. The van der Waals surface area contributed by atoms with Crippen molar-refractivity contribution in [2.75, 3.05) is 25.6 Å². The van der Waals surface area contributed by atoms with Crippen molar-refractivity contribution in [1.29, 1.82) is 0 Å². The molecule has 0 fully saturated rings. The fourth-order valence-electron chi connectivity index (χ4n) is 4.94. The van der Waals surface area contributed by atoms with E-state index in [4.69, 9.17) is 9.47 Å². The molecule has 2 amide bonds. The van der Waals surface area contributed by atoms with Gasteiger partial charge < -0.3 is 19.3 Å². The van der Waals surface area contributed by atoms with Crippen LogP contribution < -0.4 is 14.8 Å². The zero-order valence-corrected chi connectivity index (χ0v) is 18.0. The Morgan fingerprint density at radius 1 is 1.40 bits per heavy atom. The van der Waals surface area contributed by atoms with Crippen LogP contribution >= 0.6 is 0 Å². The summed E-state index contributed by atoms with van der Waals surface area (Å²) in [5, 5.41) is 7.26. The first-order valence-electron chi connectivity index (χ1n) is 10.4. The summed E-state index contributed by atoms with van der Waals surface area (Å²) in [5.74, 6) is 0.730. The number of carbonyl (C=O) groups excluding carboxylic acids is 1. The van der Waals surface area contributed by atoms with Crippen LogP contribution in [-0.2, 0) is 35.4 Å². The van der Waals surface area contributed by atoms with Crippen LogP contribution in [0.4, 0.5) is 10.5 Å². The number of amides is 2. The average Bonchev–Trinajstić information content (AvgIpc) is 3.48. The van der Waals surface area contributed by atoms with Gasteiger partial charge in [0.15, 0.2) is 0 Å². The molecule has 1 aliphatic heterocycles. The second-order valence-corrected chi connectivity index (χ2v) is 9.43. The van der Waals surface area contributed by atoms with E-state index in [0.717, 1.165) is 37.8 Å². The summed E-state index contributed by atoms with van der Waals surface area (Å²) in [6.45, 7) is 3.10. The van der Waals surface area contributed by atoms with E-state index < -0.39 is 17.4 Å². The SMILES string of the molecule is COC[C@@H]1CCc2cc3c(c(NC(=O)N[S@@+]([O-])c4cnn5c4OC[C@@H]5C)c21)CCC3. The van der Waals surface area contributed by atoms with Crippen LogP contribution in [0.3, 0.4) is 0 Å². The van der Waals surface area contributed by atoms with Crippen molar-refractivity contribution >= 4 is 23.1 Å². The van der Waals surface area contributed by atoms with Gasteiger partial charge in [-0.1, -0.05) is 6.07 Å². The predicted octanol–water partition coefficient (Wildman–Crippen LogP) is 2.85. The number of nitrogens with one attached hydrogen (secondary N) is 2. The van der Waals surface area contributed by atoms with Gasteiger partial charge in [0, 0.05) is 18.7 Å². The molecule has 0 saturated heterocycles. The predicted molar refractivity (Wildman–Crippen MR) is 112 cm³/mol. The fraction of sp³-hybridized carbons (Fsp3) is 0.524. The average molecular weight is 431 g/mol. The Bertz CT molecular complexity index is 992. The third-order valence-electron chi connectivity index (χ3n) is 6.28. The lowest BCUT2D eigenvalue weighted by Crippen LogP contribution is -2.35. The van der Waals surface area contributed by atoms with Crippen LogP contribution in [0, 0.1) is 0 Å². The number of urea groups is 1. The summed E-state index contributed by atoms with van der Waals surface area (Å²) in [4.78, 5) is 13.2. The summed E-state index contributed by atoms with van der Waals surface area (Å²) in [5.41, 5.74) is 5.90. The van der Waals surface area contributed by atoms with Gasteiger partial charge in [0.2, 0.25) is 0 Å². The maximum atomic E-state index is 12.8. The first-order chi connectivity index (χ1) is 14.6. The zero-order valence-electron chi connectivity index (χ0n) is 17.2. The van der Waals surface area contributed by atoms with Gasteiger partial charge in [0.1, 0.15) is 24.2 Å². The highest BCUT2D eigenvalue weighted by Crippen LogP contribution is 2.44. The van der Waals surface area contributed by atoms with Crippen LogP contribution in [0.1, 0.15) is 54.0 Å². The summed E-state index contributed by atoms with van der Waals surface area (Å²) in [7, 11) is 1.71. The van der Waals surface area contributed by atoms with Gasteiger partial charge in [-0.3, -0.25) is 0 Å². The van der Waals surface area contributed by atoms with Gasteiger partial charge in [-0.2, -0.15) is 5.10 Å². The van der Waals surface area contributed by atoms with Crippen LogP contribution in [0.15, 0.2) is 17.2 Å². The molecule has 0 unspecified atom stereocenters. The number of aryl methyl sites for hydroxylation is 2. The van der Waals surface area contributed by atoms with E-state index in [1.54, 1.807) is 11.8 Å². The molecule has 8 nitrogen and oxygen atoms in total. The highest BCUT2D eigenvalue weighted by Gasteiger charge is 2.34. The van der Waals surface area contributed by atoms with E-state index in [1.807, 2.05) is 6.92 Å². The van der Waals surface area contributed by atoms with Crippen molar-refractivity contribution < 1.29 is 18.8 Å². The first kappa shape index (κ1) is 19.7. The zero-order chi connectivity index (χ0) is 20.8. The summed E-state index contributed by atoms with van der Waals surface area (Å²) < 4.78 is 28.1. The lowest BCUT2D eigenvalue weighted by molar-refractivity contribution is 0.179. The van der Waals surface area contributed by atoms with Gasteiger partial charge in [0.05, 0.1) is 12.6 Å². The maximum absolute atomic E-state index is 12.8. The van der Waals surface area contributed by atoms with Crippen molar-refractivity contribution in [2.45, 2.75) is 55.9 Å². The van der Waals surface area contributed by atoms with Crippen LogP contribution in [0.5, 0.6) is 5.88 Å². The minimum absolute atomic E-state index is 0.0896. The number of aromatic nitrogens is 2. The van der Waals surface area contributed by atoms with E-state index in [2.05, 4.69) is 21.2 Å². The van der Waals surface area contributed by atoms with E-state index in [-0.39, 0.29) is 12.0 Å². The Kier molecular flexibility index (Phi) is 5.12. The smallest absolute Gasteiger partial charge is 0.361 e. The number of methoxy groups -OCH3 is 1. The normalized spacial score (nSPS) is 22.2. The molecule has 30 heavy (non-hydrogen) atoms. The monoisotopic (exact) mass is 430 g/mol. The third-order valence-corrected chi connectivity index (χ3v) is 7.34. The van der Waals surface area contributed by atoms with Crippen molar-refractivity contribution in [3.63, 3.8) is 0 Å². The molecule has 2 heterocycles. The highest BCUT2D eigenvalue weighted by atomic mass is 32.2. The second-order valence-electron chi connectivity index (χ2n) is 8.25. The van der Waals surface area contributed by atoms with Gasteiger partial charge >= 0.3 is 6.03 Å². The summed E-state index contributed by atoms with van der Waals surface area (Å²) in [6, 6.07) is 1.92. The third kappa shape index (κ3) is 3.25.